The highest BCUT2D eigenvalue weighted by Gasteiger charge is 2.23. The molecule has 0 amide bonds. The van der Waals surface area contributed by atoms with Crippen molar-refractivity contribution in [3.05, 3.63) is 27.3 Å². The lowest BCUT2D eigenvalue weighted by atomic mass is 10.2. The quantitative estimate of drug-likeness (QED) is 0.783. The predicted octanol–water partition coefficient (Wildman–Crippen LogP) is 2.70. The Morgan fingerprint density at radius 2 is 2.23 bits per heavy atom. The second kappa shape index (κ2) is 3.54. The van der Waals surface area contributed by atoms with Gasteiger partial charge in [0, 0.05) is 3.57 Å². The van der Waals surface area contributed by atoms with E-state index in [-0.39, 0.29) is 0 Å². The van der Waals surface area contributed by atoms with Crippen LogP contribution in [0.3, 0.4) is 0 Å². The van der Waals surface area contributed by atoms with E-state index in [2.05, 4.69) is 28.7 Å². The van der Waals surface area contributed by atoms with Gasteiger partial charge in [0.15, 0.2) is 0 Å². The molecule has 1 saturated carbocycles. The Hall–Kier alpha value is -0.760. The maximum atomic E-state index is 8.78. The van der Waals surface area contributed by atoms with Gasteiger partial charge >= 0.3 is 0 Å². The highest BCUT2D eigenvalue weighted by Crippen LogP contribution is 2.28. The lowest BCUT2D eigenvalue weighted by molar-refractivity contribution is 0.303. The van der Waals surface area contributed by atoms with Crippen LogP contribution in [0.25, 0.3) is 0 Å². The molecule has 0 atom stereocenters. The van der Waals surface area contributed by atoms with Crippen molar-refractivity contribution in [3.63, 3.8) is 0 Å². The van der Waals surface area contributed by atoms with Gasteiger partial charge in [0.05, 0.1) is 11.7 Å². The zero-order valence-corrected chi connectivity index (χ0v) is 9.11. The molecular formula is C10H8INO. The minimum atomic E-state index is 0.395. The van der Waals surface area contributed by atoms with Crippen LogP contribution in [-0.2, 0) is 0 Å². The number of nitrogens with zero attached hydrogens (tertiary/aromatic N) is 1. The van der Waals surface area contributed by atoms with Crippen molar-refractivity contribution < 1.29 is 4.74 Å². The summed E-state index contributed by atoms with van der Waals surface area (Å²) in [6, 6.07) is 7.78. The largest absolute Gasteiger partial charge is 0.490 e. The molecule has 2 rings (SSSR count). The Bertz CT molecular complexity index is 366. The Morgan fingerprint density at radius 3 is 2.85 bits per heavy atom. The number of rotatable bonds is 2. The molecule has 3 heteroatoms. The van der Waals surface area contributed by atoms with Crippen LogP contribution in [0.4, 0.5) is 0 Å². The van der Waals surface area contributed by atoms with E-state index in [0.29, 0.717) is 11.7 Å². The molecule has 0 N–H and O–H groups in total. The van der Waals surface area contributed by atoms with Gasteiger partial charge in [-0.1, -0.05) is 0 Å². The number of halogens is 1. The fraction of sp³-hybridized carbons (Fsp3) is 0.300. The van der Waals surface area contributed by atoms with Crippen LogP contribution in [0.1, 0.15) is 18.4 Å². The van der Waals surface area contributed by atoms with Crippen LogP contribution in [0.2, 0.25) is 0 Å². The molecule has 0 saturated heterocycles. The van der Waals surface area contributed by atoms with Gasteiger partial charge in [-0.2, -0.15) is 5.26 Å². The van der Waals surface area contributed by atoms with Crippen molar-refractivity contribution in [2.75, 3.05) is 0 Å². The molecule has 2 nitrogen and oxygen atoms in total. The van der Waals surface area contributed by atoms with Gasteiger partial charge in [-0.25, -0.2) is 0 Å². The standard InChI is InChI=1S/C10H8INO/c11-10-4-3-9(5-7(10)6-12)13-8-1-2-8/h3-5,8H,1-2H2. The van der Waals surface area contributed by atoms with Gasteiger partial charge in [0.2, 0.25) is 0 Å². The van der Waals surface area contributed by atoms with Crippen LogP contribution in [0, 0.1) is 14.9 Å². The fourth-order valence-corrected chi connectivity index (χ4v) is 1.50. The normalized spacial score (nSPS) is 15.1. The molecule has 66 valence electrons. The number of hydrogen-bond acceptors (Lipinski definition) is 2. The zero-order valence-electron chi connectivity index (χ0n) is 6.96. The van der Waals surface area contributed by atoms with Crippen LogP contribution < -0.4 is 4.74 Å². The first-order valence-electron chi connectivity index (χ1n) is 4.16. The van der Waals surface area contributed by atoms with E-state index < -0.39 is 0 Å². The van der Waals surface area contributed by atoms with Crippen LogP contribution in [-0.4, -0.2) is 6.10 Å². The van der Waals surface area contributed by atoms with Crippen molar-refractivity contribution in [1.82, 2.24) is 0 Å². The van der Waals surface area contributed by atoms with E-state index in [1.807, 2.05) is 12.1 Å². The summed E-state index contributed by atoms with van der Waals surface area (Å²) in [6.45, 7) is 0. The van der Waals surface area contributed by atoms with Gasteiger partial charge in [0.1, 0.15) is 11.8 Å². The van der Waals surface area contributed by atoms with E-state index in [1.165, 1.54) is 0 Å². The minimum Gasteiger partial charge on any atom is -0.490 e. The highest BCUT2D eigenvalue weighted by atomic mass is 127. The Morgan fingerprint density at radius 1 is 1.46 bits per heavy atom. The number of hydrogen-bond donors (Lipinski definition) is 0. The molecule has 0 aliphatic heterocycles. The van der Waals surface area contributed by atoms with E-state index in [1.54, 1.807) is 6.07 Å². The van der Waals surface area contributed by atoms with Gasteiger partial charge in [-0.15, -0.1) is 0 Å². The summed E-state index contributed by atoms with van der Waals surface area (Å²) in [5.74, 6) is 0.819. The molecule has 0 heterocycles. The molecule has 1 aliphatic rings. The van der Waals surface area contributed by atoms with Crippen molar-refractivity contribution in [2.24, 2.45) is 0 Å². The van der Waals surface area contributed by atoms with Crippen LogP contribution >= 0.6 is 22.6 Å². The van der Waals surface area contributed by atoms with E-state index in [9.17, 15) is 0 Å². The maximum absolute atomic E-state index is 8.78. The first kappa shape index (κ1) is 8.82. The summed E-state index contributed by atoms with van der Waals surface area (Å²) in [7, 11) is 0. The topological polar surface area (TPSA) is 33.0 Å². The Labute approximate surface area is 90.7 Å². The monoisotopic (exact) mass is 285 g/mol. The second-order valence-corrected chi connectivity index (χ2v) is 4.23. The molecule has 1 aromatic rings. The lowest BCUT2D eigenvalue weighted by Crippen LogP contribution is -1.96. The Balaban J connectivity index is 2.22. The third-order valence-electron chi connectivity index (χ3n) is 1.89. The average Bonchev–Trinajstić information content (AvgIpc) is 2.92. The van der Waals surface area contributed by atoms with Gasteiger partial charge < -0.3 is 4.74 Å². The highest BCUT2D eigenvalue weighted by molar-refractivity contribution is 14.1. The van der Waals surface area contributed by atoms with Crippen molar-refractivity contribution >= 4 is 22.6 Å². The molecular weight excluding hydrogens is 277 g/mol. The SMILES string of the molecule is N#Cc1cc(OC2CC2)ccc1I. The summed E-state index contributed by atoms with van der Waals surface area (Å²) < 4.78 is 6.54. The number of ether oxygens (including phenoxy) is 1. The van der Waals surface area contributed by atoms with Gasteiger partial charge in [0.25, 0.3) is 0 Å². The van der Waals surface area contributed by atoms with E-state index in [4.69, 9.17) is 10.00 Å². The number of benzene rings is 1. The van der Waals surface area contributed by atoms with Crippen molar-refractivity contribution in [1.29, 1.82) is 5.26 Å². The molecule has 1 aromatic carbocycles. The Kier molecular flexibility index (Phi) is 2.40. The molecule has 0 radical (unpaired) electrons. The van der Waals surface area contributed by atoms with Gasteiger partial charge in [-0.05, 0) is 53.6 Å². The van der Waals surface area contributed by atoms with Crippen molar-refractivity contribution in [2.45, 2.75) is 18.9 Å². The molecule has 13 heavy (non-hydrogen) atoms. The minimum absolute atomic E-state index is 0.395. The third-order valence-corrected chi connectivity index (χ3v) is 2.83. The zero-order chi connectivity index (χ0) is 9.26. The van der Waals surface area contributed by atoms with Gasteiger partial charge in [-0.3, -0.25) is 0 Å². The second-order valence-electron chi connectivity index (χ2n) is 3.07. The number of nitriles is 1. The molecule has 0 spiro atoms. The van der Waals surface area contributed by atoms with Crippen LogP contribution in [0.5, 0.6) is 5.75 Å². The maximum Gasteiger partial charge on any atom is 0.121 e. The summed E-state index contributed by atoms with van der Waals surface area (Å²) in [6.07, 6.45) is 2.69. The smallest absolute Gasteiger partial charge is 0.121 e. The van der Waals surface area contributed by atoms with Crippen LogP contribution in [0.15, 0.2) is 18.2 Å². The first-order valence-corrected chi connectivity index (χ1v) is 5.24. The van der Waals surface area contributed by atoms with E-state index >= 15 is 0 Å². The summed E-state index contributed by atoms with van der Waals surface area (Å²) in [4.78, 5) is 0. The molecule has 1 fully saturated rings. The summed E-state index contributed by atoms with van der Waals surface area (Å²) in [5, 5.41) is 8.78. The molecule has 0 aromatic heterocycles. The average molecular weight is 285 g/mol. The molecule has 0 bridgehead atoms. The molecule has 1 aliphatic carbocycles. The lowest BCUT2D eigenvalue weighted by Gasteiger charge is -2.04. The molecule has 0 unspecified atom stereocenters. The summed E-state index contributed by atoms with van der Waals surface area (Å²) in [5.41, 5.74) is 0.693. The first-order chi connectivity index (χ1) is 6.29. The summed E-state index contributed by atoms with van der Waals surface area (Å²) >= 11 is 2.15. The third kappa shape index (κ3) is 2.13. The predicted molar refractivity (Wildman–Crippen MR) is 57.5 cm³/mol. The fourth-order valence-electron chi connectivity index (χ4n) is 1.04. The van der Waals surface area contributed by atoms with Crippen molar-refractivity contribution in [3.8, 4) is 11.8 Å². The van der Waals surface area contributed by atoms with E-state index in [0.717, 1.165) is 22.2 Å².